The molecule has 164 valence electrons. The van der Waals surface area contributed by atoms with E-state index in [0.29, 0.717) is 17.7 Å². The first-order valence-corrected chi connectivity index (χ1v) is 12.2. The van der Waals surface area contributed by atoms with Crippen LogP contribution in [0, 0.1) is 19.7 Å². The van der Waals surface area contributed by atoms with Crippen molar-refractivity contribution in [2.24, 2.45) is 0 Å². The zero-order valence-corrected chi connectivity index (χ0v) is 18.9. The van der Waals surface area contributed by atoms with Crippen LogP contribution in [0.15, 0.2) is 52.7 Å². The fraction of sp³-hybridized carbons (Fsp3) is 0.273. The summed E-state index contributed by atoms with van der Waals surface area (Å²) in [4.78, 5) is 17.0. The van der Waals surface area contributed by atoms with E-state index in [1.165, 1.54) is 36.4 Å². The summed E-state index contributed by atoms with van der Waals surface area (Å²) >= 11 is 1.64. The van der Waals surface area contributed by atoms with Crippen LogP contribution in [-0.4, -0.2) is 25.9 Å². The number of nitrogens with one attached hydrogen (secondary N) is 2. The number of halogens is 1. The van der Waals surface area contributed by atoms with Gasteiger partial charge in [-0.25, -0.2) is 17.8 Å². The zero-order valence-electron chi connectivity index (χ0n) is 17.3. The van der Waals surface area contributed by atoms with Crippen molar-refractivity contribution in [1.29, 1.82) is 0 Å². The molecule has 0 unspecified atom stereocenters. The Balaban J connectivity index is 1.60. The van der Waals surface area contributed by atoms with E-state index in [-0.39, 0.29) is 16.5 Å². The van der Waals surface area contributed by atoms with Crippen LogP contribution >= 0.6 is 11.3 Å². The average molecular weight is 462 g/mol. The molecular formula is C22H24FN3O3S2. The number of aryl methyl sites for hydroxylation is 3. The van der Waals surface area contributed by atoms with E-state index in [1.807, 2.05) is 12.3 Å². The van der Waals surface area contributed by atoms with Crippen molar-refractivity contribution < 1.29 is 17.6 Å². The number of carbonyl (C=O) groups excluding carboxylic acids is 1. The van der Waals surface area contributed by atoms with Gasteiger partial charge < -0.3 is 5.32 Å². The minimum Gasteiger partial charge on any atom is -0.352 e. The molecule has 3 aromatic rings. The van der Waals surface area contributed by atoms with Crippen LogP contribution in [0.4, 0.5) is 10.1 Å². The Kier molecular flexibility index (Phi) is 7.40. The van der Waals surface area contributed by atoms with Gasteiger partial charge in [0.25, 0.3) is 15.9 Å². The predicted octanol–water partition coefficient (Wildman–Crippen LogP) is 4.45. The minimum absolute atomic E-state index is 0.0354. The van der Waals surface area contributed by atoms with Crippen molar-refractivity contribution in [3.8, 4) is 0 Å². The number of anilines is 1. The molecule has 0 fully saturated rings. The molecule has 9 heteroatoms. The van der Waals surface area contributed by atoms with Gasteiger partial charge in [0, 0.05) is 28.9 Å². The van der Waals surface area contributed by atoms with Crippen LogP contribution in [0.2, 0.25) is 0 Å². The SMILES string of the molecule is Cc1csc(CCCCNC(=O)c2cc(S(=O)(=O)Nc3ccc(F)cc3)ccc2C)n1. The second kappa shape index (κ2) is 10.0. The number of carbonyl (C=O) groups is 1. The molecule has 0 bridgehead atoms. The lowest BCUT2D eigenvalue weighted by Gasteiger charge is -2.12. The van der Waals surface area contributed by atoms with Gasteiger partial charge in [0.15, 0.2) is 0 Å². The fourth-order valence-electron chi connectivity index (χ4n) is 2.96. The van der Waals surface area contributed by atoms with E-state index in [0.717, 1.165) is 30.0 Å². The van der Waals surface area contributed by atoms with E-state index >= 15 is 0 Å². The lowest BCUT2D eigenvalue weighted by molar-refractivity contribution is 0.0952. The average Bonchev–Trinajstić information content (AvgIpc) is 3.14. The van der Waals surface area contributed by atoms with Gasteiger partial charge >= 0.3 is 0 Å². The summed E-state index contributed by atoms with van der Waals surface area (Å²) in [7, 11) is -3.91. The highest BCUT2D eigenvalue weighted by Crippen LogP contribution is 2.20. The lowest BCUT2D eigenvalue weighted by atomic mass is 10.1. The first-order chi connectivity index (χ1) is 14.7. The number of hydrogen-bond acceptors (Lipinski definition) is 5. The first-order valence-electron chi connectivity index (χ1n) is 9.83. The van der Waals surface area contributed by atoms with Gasteiger partial charge in [-0.3, -0.25) is 9.52 Å². The second-order valence-electron chi connectivity index (χ2n) is 7.18. The van der Waals surface area contributed by atoms with Crippen LogP contribution in [0.5, 0.6) is 0 Å². The normalized spacial score (nSPS) is 11.3. The number of thiazole rings is 1. The van der Waals surface area contributed by atoms with Gasteiger partial charge in [-0.15, -0.1) is 11.3 Å². The molecule has 2 aromatic carbocycles. The Hall–Kier alpha value is -2.78. The number of amides is 1. The van der Waals surface area contributed by atoms with Crippen molar-refractivity contribution in [3.63, 3.8) is 0 Å². The number of hydrogen-bond donors (Lipinski definition) is 2. The van der Waals surface area contributed by atoms with Gasteiger partial charge in [0.05, 0.1) is 9.90 Å². The third kappa shape index (κ3) is 6.35. The maximum absolute atomic E-state index is 13.0. The quantitative estimate of drug-likeness (QED) is 0.461. The Morgan fingerprint density at radius 3 is 2.52 bits per heavy atom. The summed E-state index contributed by atoms with van der Waals surface area (Å²) in [6.45, 7) is 4.21. The maximum Gasteiger partial charge on any atom is 0.261 e. The monoisotopic (exact) mass is 461 g/mol. The molecule has 31 heavy (non-hydrogen) atoms. The van der Waals surface area contributed by atoms with Crippen LogP contribution in [-0.2, 0) is 16.4 Å². The summed E-state index contributed by atoms with van der Waals surface area (Å²) in [5.41, 5.74) is 2.24. The van der Waals surface area contributed by atoms with Gasteiger partial charge in [0.1, 0.15) is 5.82 Å². The summed E-state index contributed by atoms with van der Waals surface area (Å²) in [6.07, 6.45) is 2.58. The Morgan fingerprint density at radius 2 is 1.84 bits per heavy atom. The molecule has 0 spiro atoms. The molecule has 0 aliphatic heterocycles. The maximum atomic E-state index is 13.0. The number of aromatic nitrogens is 1. The molecule has 0 saturated carbocycles. The van der Waals surface area contributed by atoms with Crippen LogP contribution in [0.3, 0.4) is 0 Å². The van der Waals surface area contributed by atoms with Gasteiger partial charge in [-0.05, 0) is 75.1 Å². The molecule has 1 aromatic heterocycles. The zero-order chi connectivity index (χ0) is 22.4. The third-order valence-corrected chi connectivity index (χ3v) is 7.04. The van der Waals surface area contributed by atoms with Crippen molar-refractivity contribution in [2.45, 2.75) is 38.0 Å². The van der Waals surface area contributed by atoms with Crippen molar-refractivity contribution in [1.82, 2.24) is 10.3 Å². The van der Waals surface area contributed by atoms with E-state index < -0.39 is 15.8 Å². The topological polar surface area (TPSA) is 88.2 Å². The third-order valence-electron chi connectivity index (χ3n) is 4.63. The Labute approximate surface area is 185 Å². The second-order valence-corrected chi connectivity index (χ2v) is 9.81. The molecule has 0 aliphatic rings. The smallest absolute Gasteiger partial charge is 0.261 e. The molecule has 1 heterocycles. The number of unbranched alkanes of at least 4 members (excludes halogenated alkanes) is 1. The Bertz CT molecular complexity index is 1160. The molecule has 1 amide bonds. The van der Waals surface area contributed by atoms with Gasteiger partial charge in [0.2, 0.25) is 0 Å². The summed E-state index contributed by atoms with van der Waals surface area (Å²) in [5.74, 6) is -0.777. The number of sulfonamides is 1. The summed E-state index contributed by atoms with van der Waals surface area (Å²) in [5, 5.41) is 5.96. The molecular weight excluding hydrogens is 437 g/mol. The van der Waals surface area contributed by atoms with E-state index in [9.17, 15) is 17.6 Å². The molecule has 0 aliphatic carbocycles. The van der Waals surface area contributed by atoms with Gasteiger partial charge in [-0.2, -0.15) is 0 Å². The highest BCUT2D eigenvalue weighted by Gasteiger charge is 2.18. The molecule has 3 rings (SSSR count). The summed E-state index contributed by atoms with van der Waals surface area (Å²) in [6, 6.07) is 9.40. The Morgan fingerprint density at radius 1 is 1.10 bits per heavy atom. The standard InChI is InChI=1S/C22H24FN3O3S2/c1-15-6-11-19(31(28,29)26-18-9-7-17(23)8-10-18)13-20(15)22(27)24-12-4-3-5-21-25-16(2)14-30-21/h6-11,13-14,26H,3-5,12H2,1-2H3,(H,24,27). The number of rotatable bonds is 9. The lowest BCUT2D eigenvalue weighted by Crippen LogP contribution is -2.25. The minimum atomic E-state index is -3.91. The van der Waals surface area contributed by atoms with E-state index in [4.69, 9.17) is 0 Å². The fourth-order valence-corrected chi connectivity index (χ4v) is 4.86. The number of benzene rings is 2. The van der Waals surface area contributed by atoms with E-state index in [2.05, 4.69) is 15.0 Å². The van der Waals surface area contributed by atoms with Gasteiger partial charge in [-0.1, -0.05) is 6.07 Å². The van der Waals surface area contributed by atoms with Crippen LogP contribution < -0.4 is 10.0 Å². The highest BCUT2D eigenvalue weighted by atomic mass is 32.2. The molecule has 0 saturated heterocycles. The van der Waals surface area contributed by atoms with E-state index in [1.54, 1.807) is 24.3 Å². The molecule has 0 radical (unpaired) electrons. The first kappa shape index (κ1) is 22.9. The molecule has 0 atom stereocenters. The molecule has 2 N–H and O–H groups in total. The van der Waals surface area contributed by atoms with Crippen molar-refractivity contribution in [2.75, 3.05) is 11.3 Å². The van der Waals surface area contributed by atoms with Crippen LogP contribution in [0.1, 0.15) is 39.5 Å². The number of nitrogens with zero attached hydrogens (tertiary/aromatic N) is 1. The highest BCUT2D eigenvalue weighted by molar-refractivity contribution is 7.92. The molecule has 6 nitrogen and oxygen atoms in total. The van der Waals surface area contributed by atoms with Crippen molar-refractivity contribution >= 4 is 33.0 Å². The van der Waals surface area contributed by atoms with Crippen LogP contribution in [0.25, 0.3) is 0 Å². The largest absolute Gasteiger partial charge is 0.352 e. The predicted molar refractivity (Wildman–Crippen MR) is 121 cm³/mol. The summed E-state index contributed by atoms with van der Waals surface area (Å²) < 4.78 is 40.8. The van der Waals surface area contributed by atoms with Crippen molar-refractivity contribution in [3.05, 3.63) is 75.5 Å².